The van der Waals surface area contributed by atoms with E-state index in [0.717, 1.165) is 33.8 Å². The molecule has 4 nitrogen and oxygen atoms in total. The number of carbonyl (C=O) groups is 1. The Balaban J connectivity index is 1.49. The molecule has 162 valence electrons. The highest BCUT2D eigenvalue weighted by molar-refractivity contribution is 8.00. The zero-order chi connectivity index (χ0) is 21.9. The van der Waals surface area contributed by atoms with Crippen LogP contribution in [0.3, 0.4) is 0 Å². The summed E-state index contributed by atoms with van der Waals surface area (Å²) in [6, 6.07) is 26.5. The van der Waals surface area contributed by atoms with Crippen LogP contribution in [0.2, 0.25) is 0 Å². The highest BCUT2D eigenvalue weighted by atomic mass is 32.2. The molecule has 5 heteroatoms. The van der Waals surface area contributed by atoms with Crippen molar-refractivity contribution in [2.75, 3.05) is 18.9 Å². The number of rotatable bonds is 6. The van der Waals surface area contributed by atoms with E-state index in [4.69, 9.17) is 4.74 Å². The van der Waals surface area contributed by atoms with Crippen molar-refractivity contribution in [2.24, 2.45) is 0 Å². The number of nitrogens with one attached hydrogen (secondary N) is 1. The van der Waals surface area contributed by atoms with Gasteiger partial charge in [-0.05, 0) is 54.8 Å². The average molecular weight is 443 g/mol. The number of fused-ring (bicyclic) bond motifs is 3. The first-order valence-electron chi connectivity index (χ1n) is 11.0. The number of para-hydroxylation sites is 1. The highest BCUT2D eigenvalue weighted by Gasteiger charge is 2.34. The monoisotopic (exact) mass is 442 g/mol. The third-order valence-corrected chi connectivity index (χ3v) is 6.96. The molecule has 5 rings (SSSR count). The molecule has 32 heavy (non-hydrogen) atoms. The van der Waals surface area contributed by atoms with Crippen molar-refractivity contribution < 1.29 is 9.53 Å². The van der Waals surface area contributed by atoms with E-state index < -0.39 is 0 Å². The maximum atomic E-state index is 13.4. The SMILES string of the molecule is CCOc1ccc([C@H]2c3[nH]c4ccccc4c3CCN2C(=O)CSc2ccccc2)cc1. The molecule has 0 bridgehead atoms. The molecule has 0 radical (unpaired) electrons. The summed E-state index contributed by atoms with van der Waals surface area (Å²) in [6.45, 7) is 3.33. The summed E-state index contributed by atoms with van der Waals surface area (Å²) in [5.41, 5.74) is 4.67. The number of benzene rings is 3. The number of H-pyrrole nitrogens is 1. The fraction of sp³-hybridized carbons (Fsp3) is 0.222. The summed E-state index contributed by atoms with van der Waals surface area (Å²) >= 11 is 1.59. The van der Waals surface area contributed by atoms with Crippen LogP contribution in [0.5, 0.6) is 5.75 Å². The first-order chi connectivity index (χ1) is 15.7. The minimum Gasteiger partial charge on any atom is -0.494 e. The number of carbonyl (C=O) groups excluding carboxylic acids is 1. The second-order valence-corrected chi connectivity index (χ2v) is 8.96. The van der Waals surface area contributed by atoms with Crippen LogP contribution in [0.4, 0.5) is 0 Å². The van der Waals surface area contributed by atoms with Gasteiger partial charge >= 0.3 is 0 Å². The Kier molecular flexibility index (Phi) is 5.91. The number of aromatic amines is 1. The van der Waals surface area contributed by atoms with E-state index in [1.807, 2.05) is 54.3 Å². The van der Waals surface area contributed by atoms with Crippen LogP contribution >= 0.6 is 11.8 Å². The standard InChI is InChI=1S/C27H26N2O2S/c1-2-31-20-14-12-19(13-15-20)27-26-23(22-10-6-7-11-24(22)28-26)16-17-29(27)25(30)18-32-21-8-4-3-5-9-21/h3-15,27-28H,2,16-18H2,1H3/t27-/m0/s1. The molecule has 1 aliphatic heterocycles. The summed E-state index contributed by atoms with van der Waals surface area (Å²) in [7, 11) is 0. The molecular weight excluding hydrogens is 416 g/mol. The summed E-state index contributed by atoms with van der Waals surface area (Å²) in [5, 5.41) is 1.25. The van der Waals surface area contributed by atoms with Gasteiger partial charge in [-0.2, -0.15) is 0 Å². The van der Waals surface area contributed by atoms with E-state index >= 15 is 0 Å². The maximum absolute atomic E-state index is 13.4. The van der Waals surface area contributed by atoms with Crippen molar-refractivity contribution in [3.63, 3.8) is 0 Å². The Morgan fingerprint density at radius 2 is 1.78 bits per heavy atom. The van der Waals surface area contributed by atoms with Gasteiger partial charge in [0.05, 0.1) is 18.4 Å². The Morgan fingerprint density at radius 3 is 2.56 bits per heavy atom. The quantitative estimate of drug-likeness (QED) is 0.382. The molecule has 2 heterocycles. The zero-order valence-corrected chi connectivity index (χ0v) is 18.9. The number of thioether (sulfide) groups is 1. The molecular formula is C27H26N2O2S. The summed E-state index contributed by atoms with van der Waals surface area (Å²) < 4.78 is 5.64. The van der Waals surface area contributed by atoms with Gasteiger partial charge < -0.3 is 14.6 Å². The van der Waals surface area contributed by atoms with Crippen LogP contribution in [0.25, 0.3) is 10.9 Å². The van der Waals surface area contributed by atoms with Crippen LogP contribution in [-0.4, -0.2) is 34.7 Å². The van der Waals surface area contributed by atoms with Gasteiger partial charge in [0, 0.05) is 28.0 Å². The number of hydrogen-bond donors (Lipinski definition) is 1. The lowest BCUT2D eigenvalue weighted by Gasteiger charge is -2.36. The van der Waals surface area contributed by atoms with Crippen LogP contribution in [0, 0.1) is 0 Å². The fourth-order valence-electron chi connectivity index (χ4n) is 4.51. The van der Waals surface area contributed by atoms with Crippen molar-refractivity contribution in [3.05, 3.63) is 95.7 Å². The molecule has 1 aliphatic rings. The topological polar surface area (TPSA) is 45.3 Å². The summed E-state index contributed by atoms with van der Waals surface area (Å²) in [6.07, 6.45) is 0.856. The molecule has 1 atom stereocenters. The molecule has 0 spiro atoms. The van der Waals surface area contributed by atoms with E-state index in [2.05, 4.69) is 41.4 Å². The third kappa shape index (κ3) is 4.00. The van der Waals surface area contributed by atoms with Crippen molar-refractivity contribution in [1.29, 1.82) is 0 Å². The molecule has 0 saturated heterocycles. The number of ether oxygens (including phenoxy) is 1. The number of nitrogens with zero attached hydrogens (tertiary/aromatic N) is 1. The number of amides is 1. The normalized spacial score (nSPS) is 15.5. The lowest BCUT2D eigenvalue weighted by Crippen LogP contribution is -2.41. The van der Waals surface area contributed by atoms with Gasteiger partial charge in [0.1, 0.15) is 5.75 Å². The molecule has 0 fully saturated rings. The predicted molar refractivity (Wildman–Crippen MR) is 130 cm³/mol. The van der Waals surface area contributed by atoms with Crippen molar-refractivity contribution in [2.45, 2.75) is 24.3 Å². The zero-order valence-electron chi connectivity index (χ0n) is 18.1. The van der Waals surface area contributed by atoms with Crippen molar-refractivity contribution in [3.8, 4) is 5.75 Å². The second-order valence-electron chi connectivity index (χ2n) is 7.91. The van der Waals surface area contributed by atoms with E-state index in [1.165, 1.54) is 10.9 Å². The van der Waals surface area contributed by atoms with Gasteiger partial charge in [0.25, 0.3) is 0 Å². The number of aromatic nitrogens is 1. The van der Waals surface area contributed by atoms with Crippen LogP contribution < -0.4 is 4.74 Å². The van der Waals surface area contributed by atoms with Gasteiger partial charge in [-0.3, -0.25) is 4.79 Å². The summed E-state index contributed by atoms with van der Waals surface area (Å²) in [5.74, 6) is 1.43. The van der Waals surface area contributed by atoms with Crippen LogP contribution in [-0.2, 0) is 11.2 Å². The molecule has 1 aromatic heterocycles. The van der Waals surface area contributed by atoms with Gasteiger partial charge in [-0.15, -0.1) is 11.8 Å². The van der Waals surface area contributed by atoms with Gasteiger partial charge in [0.15, 0.2) is 0 Å². The average Bonchev–Trinajstić information content (AvgIpc) is 3.22. The minimum absolute atomic E-state index is 0.134. The first-order valence-corrected chi connectivity index (χ1v) is 12.0. The Morgan fingerprint density at radius 1 is 1.03 bits per heavy atom. The molecule has 0 unspecified atom stereocenters. The van der Waals surface area contributed by atoms with E-state index in [1.54, 1.807) is 11.8 Å². The largest absolute Gasteiger partial charge is 0.494 e. The number of hydrogen-bond acceptors (Lipinski definition) is 3. The van der Waals surface area contributed by atoms with Gasteiger partial charge in [-0.25, -0.2) is 0 Å². The minimum atomic E-state index is -0.134. The smallest absolute Gasteiger partial charge is 0.233 e. The fourth-order valence-corrected chi connectivity index (χ4v) is 5.32. The molecule has 0 saturated carbocycles. The maximum Gasteiger partial charge on any atom is 0.233 e. The van der Waals surface area contributed by atoms with Gasteiger partial charge in [-0.1, -0.05) is 48.5 Å². The third-order valence-electron chi connectivity index (χ3n) is 5.97. The Labute approximate surface area is 192 Å². The van der Waals surface area contributed by atoms with Gasteiger partial charge in [0.2, 0.25) is 5.91 Å². The van der Waals surface area contributed by atoms with E-state index in [0.29, 0.717) is 18.9 Å². The predicted octanol–water partition coefficient (Wildman–Crippen LogP) is 5.83. The van der Waals surface area contributed by atoms with E-state index in [-0.39, 0.29) is 11.9 Å². The van der Waals surface area contributed by atoms with Crippen molar-refractivity contribution >= 4 is 28.6 Å². The van der Waals surface area contributed by atoms with E-state index in [9.17, 15) is 4.79 Å². The second kappa shape index (κ2) is 9.13. The molecule has 1 N–H and O–H groups in total. The molecule has 4 aromatic rings. The first kappa shape index (κ1) is 20.7. The lowest BCUT2D eigenvalue weighted by atomic mass is 9.92. The van der Waals surface area contributed by atoms with Crippen molar-refractivity contribution in [1.82, 2.24) is 9.88 Å². The van der Waals surface area contributed by atoms with Crippen LogP contribution in [0.1, 0.15) is 29.8 Å². The molecule has 1 amide bonds. The Hall–Kier alpha value is -3.18. The summed E-state index contributed by atoms with van der Waals surface area (Å²) in [4.78, 5) is 20.2. The Bertz CT molecular complexity index is 1220. The van der Waals surface area contributed by atoms with Crippen LogP contribution in [0.15, 0.2) is 83.8 Å². The highest BCUT2D eigenvalue weighted by Crippen LogP contribution is 2.39. The lowest BCUT2D eigenvalue weighted by molar-refractivity contribution is -0.130. The molecule has 3 aromatic carbocycles. The molecule has 0 aliphatic carbocycles.